The molecule has 0 atom stereocenters. The Balaban J connectivity index is 1.90. The van der Waals surface area contributed by atoms with Gasteiger partial charge in [-0.05, 0) is 30.3 Å². The summed E-state index contributed by atoms with van der Waals surface area (Å²) in [7, 11) is 3.16. The molecule has 0 fully saturated rings. The minimum atomic E-state index is -0.516. The molecule has 7 heteroatoms. The summed E-state index contributed by atoms with van der Waals surface area (Å²) in [5.74, 6) is 2.46. The first kappa shape index (κ1) is 16.8. The lowest BCUT2D eigenvalue weighted by Gasteiger charge is -2.12. The highest BCUT2D eigenvalue weighted by atomic mass is 19.1. The van der Waals surface area contributed by atoms with Gasteiger partial charge in [0.15, 0.2) is 11.5 Å². The molecule has 1 N–H and O–H groups in total. The number of aromatic nitrogens is 2. The van der Waals surface area contributed by atoms with Crippen molar-refractivity contribution in [1.82, 2.24) is 9.97 Å². The Morgan fingerprint density at radius 1 is 1.00 bits per heavy atom. The third-order valence-corrected chi connectivity index (χ3v) is 3.60. The van der Waals surface area contributed by atoms with Gasteiger partial charge >= 0.3 is 0 Å². The largest absolute Gasteiger partial charge is 0.493 e. The first-order valence-electron chi connectivity index (χ1n) is 7.67. The third-order valence-electron chi connectivity index (χ3n) is 3.60. The number of methoxy groups -OCH3 is 2. The molecule has 25 heavy (non-hydrogen) atoms. The van der Waals surface area contributed by atoms with Gasteiger partial charge in [0, 0.05) is 17.1 Å². The van der Waals surface area contributed by atoms with Crippen LogP contribution in [0.3, 0.4) is 0 Å². The normalized spacial score (nSPS) is 10.5. The number of anilines is 2. The summed E-state index contributed by atoms with van der Waals surface area (Å²) in [6, 6.07) is 10.8. The van der Waals surface area contributed by atoms with Gasteiger partial charge in [-0.15, -0.1) is 0 Å². The quantitative estimate of drug-likeness (QED) is 0.705. The zero-order chi connectivity index (χ0) is 17.6. The molecule has 0 unspecified atom stereocenters. The van der Waals surface area contributed by atoms with Crippen molar-refractivity contribution in [1.29, 1.82) is 0 Å². The average molecular weight is 343 g/mol. The van der Waals surface area contributed by atoms with Crippen molar-refractivity contribution in [3.8, 4) is 17.2 Å². The van der Waals surface area contributed by atoms with E-state index in [1.165, 1.54) is 6.33 Å². The van der Waals surface area contributed by atoms with Gasteiger partial charge < -0.3 is 19.5 Å². The molecule has 0 bridgehead atoms. The lowest BCUT2D eigenvalue weighted by molar-refractivity contribution is 0.273. The Morgan fingerprint density at radius 2 is 1.72 bits per heavy atom. The molecule has 0 amide bonds. The van der Waals surface area contributed by atoms with E-state index in [1.54, 1.807) is 32.4 Å². The molecule has 0 aliphatic carbocycles. The van der Waals surface area contributed by atoms with E-state index in [1.807, 2.05) is 18.2 Å². The van der Waals surface area contributed by atoms with Crippen LogP contribution in [-0.4, -0.2) is 37.5 Å². The number of hydrogen-bond donors (Lipinski definition) is 1. The summed E-state index contributed by atoms with van der Waals surface area (Å²) in [5, 5.41) is 4.05. The summed E-state index contributed by atoms with van der Waals surface area (Å²) in [5.41, 5.74) is 1.56. The van der Waals surface area contributed by atoms with E-state index < -0.39 is 6.67 Å². The number of fused-ring (bicyclic) bond motifs is 1. The van der Waals surface area contributed by atoms with Gasteiger partial charge in [-0.1, -0.05) is 0 Å². The first-order valence-corrected chi connectivity index (χ1v) is 7.67. The Bertz CT molecular complexity index is 856. The topological polar surface area (TPSA) is 65.5 Å². The standard InChI is InChI=1S/C18H18FN3O3/c1-23-16-9-14-15(10-17(16)24-2)20-11-21-18(14)22-12-3-5-13(6-4-12)25-8-7-19/h3-6,9-11H,7-8H2,1-2H3,(H,20,21,22). The molecule has 0 aliphatic rings. The number of alkyl halides is 1. The van der Waals surface area contributed by atoms with Crippen molar-refractivity contribution in [2.24, 2.45) is 0 Å². The molecule has 6 nitrogen and oxygen atoms in total. The van der Waals surface area contributed by atoms with E-state index in [0.29, 0.717) is 23.1 Å². The van der Waals surface area contributed by atoms with Crippen LogP contribution in [0.5, 0.6) is 17.2 Å². The predicted octanol–water partition coefficient (Wildman–Crippen LogP) is 3.74. The fraction of sp³-hybridized carbons (Fsp3) is 0.222. The Labute approximate surface area is 144 Å². The zero-order valence-corrected chi connectivity index (χ0v) is 14.0. The van der Waals surface area contributed by atoms with Gasteiger partial charge in [0.25, 0.3) is 0 Å². The number of hydrogen-bond acceptors (Lipinski definition) is 6. The fourth-order valence-corrected chi connectivity index (χ4v) is 2.41. The van der Waals surface area contributed by atoms with Gasteiger partial charge in [0.1, 0.15) is 31.2 Å². The minimum absolute atomic E-state index is 0.0466. The van der Waals surface area contributed by atoms with Crippen LogP contribution in [0.4, 0.5) is 15.9 Å². The monoisotopic (exact) mass is 343 g/mol. The van der Waals surface area contributed by atoms with E-state index in [9.17, 15) is 4.39 Å². The van der Waals surface area contributed by atoms with Gasteiger partial charge in [-0.3, -0.25) is 0 Å². The van der Waals surface area contributed by atoms with E-state index >= 15 is 0 Å². The number of nitrogens with zero attached hydrogens (tertiary/aromatic N) is 2. The van der Waals surface area contributed by atoms with Crippen LogP contribution in [0.1, 0.15) is 0 Å². The van der Waals surface area contributed by atoms with Crippen LogP contribution in [0, 0.1) is 0 Å². The molecule has 0 saturated heterocycles. The predicted molar refractivity (Wildman–Crippen MR) is 93.8 cm³/mol. The van der Waals surface area contributed by atoms with E-state index in [0.717, 1.165) is 16.6 Å². The van der Waals surface area contributed by atoms with E-state index in [-0.39, 0.29) is 6.61 Å². The van der Waals surface area contributed by atoms with Crippen LogP contribution < -0.4 is 19.5 Å². The molecule has 3 aromatic rings. The molecule has 1 heterocycles. The zero-order valence-electron chi connectivity index (χ0n) is 14.0. The Kier molecular flexibility index (Phi) is 5.13. The number of ether oxygens (including phenoxy) is 3. The van der Waals surface area contributed by atoms with Crippen molar-refractivity contribution < 1.29 is 18.6 Å². The molecule has 0 saturated carbocycles. The highest BCUT2D eigenvalue weighted by Gasteiger charge is 2.11. The Morgan fingerprint density at radius 3 is 2.40 bits per heavy atom. The Hall–Kier alpha value is -3.09. The maximum Gasteiger partial charge on any atom is 0.162 e. The van der Waals surface area contributed by atoms with Crippen molar-refractivity contribution >= 4 is 22.4 Å². The van der Waals surface area contributed by atoms with Crippen LogP contribution >= 0.6 is 0 Å². The highest BCUT2D eigenvalue weighted by Crippen LogP contribution is 2.34. The summed E-state index contributed by atoms with van der Waals surface area (Å²) in [4.78, 5) is 8.58. The summed E-state index contributed by atoms with van der Waals surface area (Å²) in [6.07, 6.45) is 1.48. The molecule has 0 spiro atoms. The van der Waals surface area contributed by atoms with Crippen molar-refractivity contribution in [3.63, 3.8) is 0 Å². The van der Waals surface area contributed by atoms with Crippen LogP contribution in [0.25, 0.3) is 10.9 Å². The second kappa shape index (κ2) is 7.65. The number of halogens is 1. The average Bonchev–Trinajstić information content (AvgIpc) is 2.66. The summed E-state index contributed by atoms with van der Waals surface area (Å²) >= 11 is 0. The lowest BCUT2D eigenvalue weighted by atomic mass is 10.2. The highest BCUT2D eigenvalue weighted by molar-refractivity contribution is 5.93. The number of nitrogens with one attached hydrogen (secondary N) is 1. The van der Waals surface area contributed by atoms with E-state index in [2.05, 4.69) is 15.3 Å². The molecule has 3 rings (SSSR count). The molecular formula is C18H18FN3O3. The lowest BCUT2D eigenvalue weighted by Crippen LogP contribution is -1.99. The van der Waals surface area contributed by atoms with Crippen molar-refractivity contribution in [2.75, 3.05) is 32.8 Å². The molecule has 0 aliphatic heterocycles. The van der Waals surface area contributed by atoms with Gasteiger partial charge in [0.2, 0.25) is 0 Å². The van der Waals surface area contributed by atoms with E-state index in [4.69, 9.17) is 14.2 Å². The molecule has 130 valence electrons. The maximum absolute atomic E-state index is 12.1. The smallest absolute Gasteiger partial charge is 0.162 e. The SMILES string of the molecule is COc1cc2ncnc(Nc3ccc(OCCF)cc3)c2cc1OC. The summed E-state index contributed by atoms with van der Waals surface area (Å²) < 4.78 is 28.0. The van der Waals surface area contributed by atoms with Crippen LogP contribution in [0.2, 0.25) is 0 Å². The van der Waals surface area contributed by atoms with Crippen LogP contribution in [-0.2, 0) is 0 Å². The summed E-state index contributed by atoms with van der Waals surface area (Å²) in [6.45, 7) is -0.469. The molecule has 0 radical (unpaired) electrons. The maximum atomic E-state index is 12.1. The second-order valence-electron chi connectivity index (χ2n) is 5.13. The number of benzene rings is 2. The third kappa shape index (κ3) is 3.71. The van der Waals surface area contributed by atoms with Crippen LogP contribution in [0.15, 0.2) is 42.7 Å². The molecular weight excluding hydrogens is 325 g/mol. The number of rotatable bonds is 7. The van der Waals surface area contributed by atoms with Crippen molar-refractivity contribution in [2.45, 2.75) is 0 Å². The first-order chi connectivity index (χ1) is 12.2. The van der Waals surface area contributed by atoms with Gasteiger partial charge in [-0.2, -0.15) is 0 Å². The molecule has 1 aromatic heterocycles. The molecule has 2 aromatic carbocycles. The van der Waals surface area contributed by atoms with Crippen molar-refractivity contribution in [3.05, 3.63) is 42.7 Å². The minimum Gasteiger partial charge on any atom is -0.493 e. The fourth-order valence-electron chi connectivity index (χ4n) is 2.41. The van der Waals surface area contributed by atoms with Gasteiger partial charge in [-0.25, -0.2) is 14.4 Å². The second-order valence-corrected chi connectivity index (χ2v) is 5.13. The van der Waals surface area contributed by atoms with Gasteiger partial charge in [0.05, 0.1) is 19.7 Å².